The molecule has 0 bridgehead atoms. The second-order valence-electron chi connectivity index (χ2n) is 5.60. The molecule has 106 valence electrons. The summed E-state index contributed by atoms with van der Waals surface area (Å²) in [6.07, 6.45) is 0. The number of hydrogen-bond donors (Lipinski definition) is 1. The van der Waals surface area contributed by atoms with E-state index >= 15 is 0 Å². The first kappa shape index (κ1) is 13.8. The van der Waals surface area contributed by atoms with Crippen LogP contribution in [-0.2, 0) is 0 Å². The van der Waals surface area contributed by atoms with Gasteiger partial charge in [0.05, 0.1) is 6.04 Å². The second kappa shape index (κ2) is 5.71. The fourth-order valence-electron chi connectivity index (χ4n) is 3.11. The van der Waals surface area contributed by atoms with E-state index in [9.17, 15) is 0 Å². The predicted octanol–water partition coefficient (Wildman–Crippen LogP) is 4.77. The van der Waals surface area contributed by atoms with Crippen LogP contribution in [0.4, 0.5) is 0 Å². The maximum atomic E-state index is 3.49. The average Bonchev–Trinajstić information content (AvgIpc) is 2.52. The zero-order valence-corrected chi connectivity index (χ0v) is 12.9. The summed E-state index contributed by atoms with van der Waals surface area (Å²) in [7, 11) is 2.03. The van der Waals surface area contributed by atoms with Gasteiger partial charge in [-0.15, -0.1) is 0 Å². The highest BCUT2D eigenvalue weighted by molar-refractivity contribution is 5.89. The van der Waals surface area contributed by atoms with Gasteiger partial charge >= 0.3 is 0 Å². The van der Waals surface area contributed by atoms with Crippen molar-refractivity contribution in [3.05, 3.63) is 82.9 Å². The van der Waals surface area contributed by atoms with Crippen LogP contribution in [0.2, 0.25) is 0 Å². The molecule has 0 heterocycles. The van der Waals surface area contributed by atoms with Crippen LogP contribution in [0.25, 0.3) is 10.8 Å². The van der Waals surface area contributed by atoms with Gasteiger partial charge in [-0.05, 0) is 53.9 Å². The third-order valence-corrected chi connectivity index (χ3v) is 4.27. The van der Waals surface area contributed by atoms with Gasteiger partial charge in [0.15, 0.2) is 0 Å². The number of hydrogen-bond acceptors (Lipinski definition) is 1. The minimum Gasteiger partial charge on any atom is -0.309 e. The third kappa shape index (κ3) is 2.45. The van der Waals surface area contributed by atoms with Gasteiger partial charge in [0.2, 0.25) is 0 Å². The summed E-state index contributed by atoms with van der Waals surface area (Å²) in [5.41, 5.74) is 5.33. The monoisotopic (exact) mass is 275 g/mol. The Morgan fingerprint density at radius 2 is 1.33 bits per heavy atom. The van der Waals surface area contributed by atoms with Crippen molar-refractivity contribution in [2.45, 2.75) is 19.9 Å². The highest BCUT2D eigenvalue weighted by Gasteiger charge is 2.16. The lowest BCUT2D eigenvalue weighted by Crippen LogP contribution is -2.19. The van der Waals surface area contributed by atoms with Crippen molar-refractivity contribution in [2.75, 3.05) is 7.05 Å². The molecule has 1 N–H and O–H groups in total. The molecule has 3 aromatic rings. The molecule has 0 aromatic heterocycles. The Morgan fingerprint density at radius 3 is 2.05 bits per heavy atom. The van der Waals surface area contributed by atoms with E-state index in [2.05, 4.69) is 79.8 Å². The van der Waals surface area contributed by atoms with Crippen molar-refractivity contribution in [1.82, 2.24) is 5.32 Å². The molecule has 0 aliphatic rings. The molecule has 0 spiro atoms. The van der Waals surface area contributed by atoms with Crippen molar-refractivity contribution in [3.63, 3.8) is 0 Å². The average molecular weight is 275 g/mol. The van der Waals surface area contributed by atoms with Crippen molar-refractivity contribution in [3.8, 4) is 0 Å². The van der Waals surface area contributed by atoms with Crippen LogP contribution in [0.1, 0.15) is 28.3 Å². The maximum absolute atomic E-state index is 3.49. The first-order valence-electron chi connectivity index (χ1n) is 7.43. The maximum Gasteiger partial charge on any atom is 0.0583 e. The largest absolute Gasteiger partial charge is 0.309 e. The first-order valence-corrected chi connectivity index (χ1v) is 7.43. The van der Waals surface area contributed by atoms with E-state index in [1.165, 1.54) is 33.0 Å². The minimum atomic E-state index is 0.219. The molecule has 0 radical (unpaired) electrons. The zero-order valence-electron chi connectivity index (χ0n) is 12.9. The fraction of sp³-hybridized carbons (Fsp3) is 0.200. The van der Waals surface area contributed by atoms with Crippen LogP contribution in [0, 0.1) is 13.8 Å². The van der Waals surface area contributed by atoms with Crippen LogP contribution >= 0.6 is 0 Å². The van der Waals surface area contributed by atoms with Gasteiger partial charge in [0, 0.05) is 0 Å². The van der Waals surface area contributed by atoms with E-state index in [1.54, 1.807) is 0 Å². The van der Waals surface area contributed by atoms with Gasteiger partial charge in [0.25, 0.3) is 0 Å². The van der Waals surface area contributed by atoms with E-state index in [-0.39, 0.29) is 6.04 Å². The molecule has 3 aromatic carbocycles. The Kier molecular flexibility index (Phi) is 3.76. The Hall–Kier alpha value is -2.12. The Bertz CT molecular complexity index is 774. The summed E-state index contributed by atoms with van der Waals surface area (Å²) in [5.74, 6) is 0. The van der Waals surface area contributed by atoms with E-state index in [4.69, 9.17) is 0 Å². The van der Waals surface area contributed by atoms with Crippen molar-refractivity contribution >= 4 is 10.8 Å². The standard InChI is InChI=1S/C20H21N/c1-14-8-4-5-10-17(14)20(21-3)19-13-12-15(2)16-9-6-7-11-18(16)19/h4-13,20-21H,1-3H3. The Balaban J connectivity index is 2.23. The topological polar surface area (TPSA) is 12.0 Å². The van der Waals surface area contributed by atoms with Crippen molar-refractivity contribution < 1.29 is 0 Å². The van der Waals surface area contributed by atoms with Gasteiger partial charge in [-0.25, -0.2) is 0 Å². The molecule has 1 nitrogen and oxygen atoms in total. The van der Waals surface area contributed by atoms with Crippen LogP contribution in [0.5, 0.6) is 0 Å². The molecule has 0 amide bonds. The van der Waals surface area contributed by atoms with Gasteiger partial charge in [0.1, 0.15) is 0 Å². The lowest BCUT2D eigenvalue weighted by molar-refractivity contribution is 0.692. The SMILES string of the molecule is CNC(c1ccccc1C)c1ccc(C)c2ccccc12. The number of fused-ring (bicyclic) bond motifs is 1. The molecule has 0 saturated carbocycles. The van der Waals surface area contributed by atoms with Crippen LogP contribution in [0.15, 0.2) is 60.7 Å². The highest BCUT2D eigenvalue weighted by Crippen LogP contribution is 2.31. The number of aryl methyl sites for hydroxylation is 2. The minimum absolute atomic E-state index is 0.219. The number of nitrogens with one attached hydrogen (secondary N) is 1. The lowest BCUT2D eigenvalue weighted by Gasteiger charge is -2.21. The zero-order chi connectivity index (χ0) is 14.8. The number of benzene rings is 3. The summed E-state index contributed by atoms with van der Waals surface area (Å²) in [5, 5.41) is 6.16. The summed E-state index contributed by atoms with van der Waals surface area (Å²) in [6.45, 7) is 4.35. The molecule has 1 unspecified atom stereocenters. The lowest BCUT2D eigenvalue weighted by atomic mass is 9.90. The Morgan fingerprint density at radius 1 is 0.667 bits per heavy atom. The third-order valence-electron chi connectivity index (χ3n) is 4.27. The molecule has 3 rings (SSSR count). The molecule has 0 aliphatic carbocycles. The molecular formula is C20H21N. The van der Waals surface area contributed by atoms with E-state index in [0.29, 0.717) is 0 Å². The molecule has 1 atom stereocenters. The van der Waals surface area contributed by atoms with Gasteiger partial charge in [-0.3, -0.25) is 0 Å². The predicted molar refractivity (Wildman–Crippen MR) is 90.8 cm³/mol. The molecule has 0 aliphatic heterocycles. The van der Waals surface area contributed by atoms with Crippen molar-refractivity contribution in [1.29, 1.82) is 0 Å². The van der Waals surface area contributed by atoms with Gasteiger partial charge in [-0.1, -0.05) is 60.7 Å². The van der Waals surface area contributed by atoms with Gasteiger partial charge in [-0.2, -0.15) is 0 Å². The molecule has 1 heteroatoms. The number of rotatable bonds is 3. The smallest absolute Gasteiger partial charge is 0.0583 e. The summed E-state index contributed by atoms with van der Waals surface area (Å²) in [6, 6.07) is 22.0. The van der Waals surface area contributed by atoms with Crippen molar-refractivity contribution in [2.24, 2.45) is 0 Å². The summed E-state index contributed by atoms with van der Waals surface area (Å²) in [4.78, 5) is 0. The Labute approximate surface area is 126 Å². The molecule has 21 heavy (non-hydrogen) atoms. The quantitative estimate of drug-likeness (QED) is 0.726. The van der Waals surface area contributed by atoms with E-state index < -0.39 is 0 Å². The fourth-order valence-corrected chi connectivity index (χ4v) is 3.11. The van der Waals surface area contributed by atoms with Crippen LogP contribution in [0.3, 0.4) is 0 Å². The summed E-state index contributed by atoms with van der Waals surface area (Å²) < 4.78 is 0. The second-order valence-corrected chi connectivity index (χ2v) is 5.60. The van der Waals surface area contributed by atoms with E-state index in [0.717, 1.165) is 0 Å². The molecule has 0 fully saturated rings. The molecule has 0 saturated heterocycles. The molecular weight excluding hydrogens is 254 g/mol. The van der Waals surface area contributed by atoms with Crippen LogP contribution in [-0.4, -0.2) is 7.05 Å². The van der Waals surface area contributed by atoms with Crippen LogP contribution < -0.4 is 5.32 Å². The first-order chi connectivity index (χ1) is 10.2. The highest BCUT2D eigenvalue weighted by atomic mass is 14.9. The normalized spacial score (nSPS) is 12.5. The summed E-state index contributed by atoms with van der Waals surface area (Å²) >= 11 is 0. The van der Waals surface area contributed by atoms with E-state index in [1.807, 2.05) is 7.05 Å². The van der Waals surface area contributed by atoms with Gasteiger partial charge < -0.3 is 5.32 Å².